The first kappa shape index (κ1) is 16.0. The Morgan fingerprint density at radius 3 is 1.96 bits per heavy atom. The lowest BCUT2D eigenvalue weighted by atomic mass is 10.0. The number of hydrogen-bond donors (Lipinski definition) is 0. The minimum absolute atomic E-state index is 0.209. The van der Waals surface area contributed by atoms with E-state index in [-0.39, 0.29) is 5.91 Å². The zero-order chi connectivity index (χ0) is 15.9. The van der Waals surface area contributed by atoms with E-state index >= 15 is 0 Å². The molecule has 0 spiro atoms. The van der Waals surface area contributed by atoms with Gasteiger partial charge >= 0.3 is 0 Å². The van der Waals surface area contributed by atoms with Crippen LogP contribution < -0.4 is 0 Å². The van der Waals surface area contributed by atoms with Gasteiger partial charge < -0.3 is 4.90 Å². The van der Waals surface area contributed by atoms with Crippen molar-refractivity contribution < 1.29 is 4.79 Å². The highest BCUT2D eigenvalue weighted by atomic mass is 16.2. The first-order valence-electron chi connectivity index (χ1n) is 9.13. The molecule has 23 heavy (non-hydrogen) atoms. The molecule has 1 aliphatic heterocycles. The topological polar surface area (TPSA) is 20.3 Å². The molecule has 2 aromatic rings. The summed E-state index contributed by atoms with van der Waals surface area (Å²) in [5.41, 5.74) is 0.859. The van der Waals surface area contributed by atoms with Gasteiger partial charge in [0.15, 0.2) is 0 Å². The Bertz CT molecular complexity index is 632. The molecule has 0 bridgehead atoms. The number of carbonyl (C=O) groups is 1. The lowest BCUT2D eigenvalue weighted by Gasteiger charge is -2.23. The fraction of sp³-hybridized carbons (Fsp3) is 0.476. The van der Waals surface area contributed by atoms with E-state index in [1.165, 1.54) is 38.5 Å². The molecule has 1 aliphatic rings. The zero-order valence-corrected chi connectivity index (χ0v) is 14.0. The highest BCUT2D eigenvalue weighted by molar-refractivity contribution is 6.07. The summed E-state index contributed by atoms with van der Waals surface area (Å²) < 4.78 is 0. The third-order valence-corrected chi connectivity index (χ3v) is 4.91. The number of carbonyl (C=O) groups excluding carboxylic acids is 1. The molecule has 122 valence electrons. The third kappa shape index (κ3) is 4.13. The first-order valence-corrected chi connectivity index (χ1v) is 9.13. The Balaban J connectivity index is 1.80. The van der Waals surface area contributed by atoms with Gasteiger partial charge in [0.2, 0.25) is 0 Å². The van der Waals surface area contributed by atoms with Crippen molar-refractivity contribution in [2.24, 2.45) is 0 Å². The molecule has 1 heterocycles. The van der Waals surface area contributed by atoms with Gasteiger partial charge in [-0.2, -0.15) is 0 Å². The van der Waals surface area contributed by atoms with Crippen LogP contribution in [0.15, 0.2) is 42.5 Å². The minimum atomic E-state index is 0.209. The maximum Gasteiger partial charge on any atom is 0.254 e. The van der Waals surface area contributed by atoms with Crippen molar-refractivity contribution in [2.75, 3.05) is 13.1 Å². The summed E-state index contributed by atoms with van der Waals surface area (Å²) in [4.78, 5) is 15.2. The predicted octanol–water partition coefficient (Wildman–Crippen LogP) is 5.42. The number of hydrogen-bond acceptors (Lipinski definition) is 1. The fourth-order valence-electron chi connectivity index (χ4n) is 3.56. The Morgan fingerprint density at radius 1 is 0.696 bits per heavy atom. The molecule has 2 heteroatoms. The van der Waals surface area contributed by atoms with Gasteiger partial charge in [0.05, 0.1) is 0 Å². The summed E-state index contributed by atoms with van der Waals surface area (Å²) in [5, 5.41) is 2.23. The average Bonchev–Trinajstić information content (AvgIpc) is 2.66. The normalized spacial score (nSPS) is 17.7. The molecule has 1 amide bonds. The Hall–Kier alpha value is -1.83. The molecule has 3 rings (SSSR count). The summed E-state index contributed by atoms with van der Waals surface area (Å²) in [5.74, 6) is 0.209. The molecule has 0 aliphatic carbocycles. The lowest BCUT2D eigenvalue weighted by Crippen LogP contribution is -2.33. The molecule has 2 aromatic carbocycles. The van der Waals surface area contributed by atoms with Crippen LogP contribution in [0.4, 0.5) is 0 Å². The van der Waals surface area contributed by atoms with E-state index in [9.17, 15) is 4.79 Å². The fourth-order valence-corrected chi connectivity index (χ4v) is 3.56. The maximum atomic E-state index is 13.1. The van der Waals surface area contributed by atoms with Crippen LogP contribution in [0.25, 0.3) is 10.8 Å². The maximum absolute atomic E-state index is 13.1. The Kier molecular flexibility index (Phi) is 5.68. The third-order valence-electron chi connectivity index (χ3n) is 4.91. The number of fused-ring (bicyclic) bond motifs is 1. The summed E-state index contributed by atoms with van der Waals surface area (Å²) >= 11 is 0. The van der Waals surface area contributed by atoms with Crippen LogP contribution in [-0.4, -0.2) is 23.9 Å². The molecule has 0 atom stereocenters. The van der Waals surface area contributed by atoms with E-state index in [4.69, 9.17) is 0 Å². The van der Waals surface area contributed by atoms with Gasteiger partial charge in [-0.1, -0.05) is 74.9 Å². The second-order valence-electron chi connectivity index (χ2n) is 6.65. The van der Waals surface area contributed by atoms with E-state index in [0.717, 1.165) is 42.3 Å². The molecule has 0 saturated carbocycles. The van der Waals surface area contributed by atoms with Gasteiger partial charge in [-0.3, -0.25) is 4.79 Å². The predicted molar refractivity (Wildman–Crippen MR) is 96.8 cm³/mol. The van der Waals surface area contributed by atoms with Gasteiger partial charge in [-0.25, -0.2) is 0 Å². The van der Waals surface area contributed by atoms with E-state index in [0.29, 0.717) is 0 Å². The quantitative estimate of drug-likeness (QED) is 0.689. The molecular formula is C21H27NO. The van der Waals surface area contributed by atoms with Gasteiger partial charge in [-0.05, 0) is 29.7 Å². The monoisotopic (exact) mass is 309 g/mol. The van der Waals surface area contributed by atoms with Crippen molar-refractivity contribution >= 4 is 16.7 Å². The second kappa shape index (κ2) is 8.14. The molecule has 0 aromatic heterocycles. The van der Waals surface area contributed by atoms with Crippen molar-refractivity contribution in [1.82, 2.24) is 4.90 Å². The SMILES string of the molecule is O=C(c1cccc2ccccc12)N1CCCCCCCCCC1. The van der Waals surface area contributed by atoms with Crippen molar-refractivity contribution in [2.45, 2.75) is 51.4 Å². The van der Waals surface area contributed by atoms with E-state index in [1.807, 2.05) is 24.3 Å². The second-order valence-corrected chi connectivity index (χ2v) is 6.65. The minimum Gasteiger partial charge on any atom is -0.339 e. The molecular weight excluding hydrogens is 282 g/mol. The zero-order valence-electron chi connectivity index (χ0n) is 14.0. The van der Waals surface area contributed by atoms with Crippen LogP contribution in [0.3, 0.4) is 0 Å². The number of rotatable bonds is 1. The molecule has 0 unspecified atom stereocenters. The van der Waals surface area contributed by atoms with Crippen molar-refractivity contribution in [1.29, 1.82) is 0 Å². The van der Waals surface area contributed by atoms with Crippen LogP contribution in [0, 0.1) is 0 Å². The van der Waals surface area contributed by atoms with Crippen molar-refractivity contribution in [3.63, 3.8) is 0 Å². The molecule has 0 radical (unpaired) electrons. The summed E-state index contributed by atoms with van der Waals surface area (Å²) in [6, 6.07) is 14.3. The van der Waals surface area contributed by atoms with Crippen LogP contribution in [-0.2, 0) is 0 Å². The van der Waals surface area contributed by atoms with Gasteiger partial charge in [0.1, 0.15) is 0 Å². The Labute approximate surface area is 139 Å². The highest BCUT2D eigenvalue weighted by Gasteiger charge is 2.17. The van der Waals surface area contributed by atoms with Gasteiger partial charge in [0.25, 0.3) is 5.91 Å². The van der Waals surface area contributed by atoms with Crippen molar-refractivity contribution in [3.05, 3.63) is 48.0 Å². The van der Waals surface area contributed by atoms with Crippen LogP contribution in [0.2, 0.25) is 0 Å². The molecule has 2 nitrogen and oxygen atoms in total. The van der Waals surface area contributed by atoms with Crippen LogP contribution in [0.5, 0.6) is 0 Å². The van der Waals surface area contributed by atoms with E-state index in [1.54, 1.807) is 0 Å². The van der Waals surface area contributed by atoms with E-state index < -0.39 is 0 Å². The van der Waals surface area contributed by atoms with E-state index in [2.05, 4.69) is 23.1 Å². The summed E-state index contributed by atoms with van der Waals surface area (Å²) in [7, 11) is 0. The summed E-state index contributed by atoms with van der Waals surface area (Å²) in [6.45, 7) is 1.81. The number of benzene rings is 2. The van der Waals surface area contributed by atoms with Gasteiger partial charge in [-0.15, -0.1) is 0 Å². The lowest BCUT2D eigenvalue weighted by molar-refractivity contribution is 0.0752. The first-order chi connectivity index (χ1) is 11.4. The summed E-state index contributed by atoms with van der Waals surface area (Å²) in [6.07, 6.45) is 10.1. The van der Waals surface area contributed by atoms with Crippen LogP contribution in [0.1, 0.15) is 61.7 Å². The van der Waals surface area contributed by atoms with Crippen molar-refractivity contribution in [3.8, 4) is 0 Å². The standard InChI is InChI=1S/C21H27NO/c23-21(20-15-11-13-18-12-7-8-14-19(18)20)22-16-9-5-3-1-2-4-6-10-17-22/h7-8,11-15H,1-6,9-10,16-17H2. The largest absolute Gasteiger partial charge is 0.339 e. The molecule has 1 saturated heterocycles. The van der Waals surface area contributed by atoms with Crippen LogP contribution >= 0.6 is 0 Å². The Morgan fingerprint density at radius 2 is 1.26 bits per heavy atom. The smallest absolute Gasteiger partial charge is 0.254 e. The van der Waals surface area contributed by atoms with Gasteiger partial charge in [0, 0.05) is 18.7 Å². The average molecular weight is 309 g/mol. The molecule has 0 N–H and O–H groups in total. The number of nitrogens with zero attached hydrogens (tertiary/aromatic N) is 1. The molecule has 1 fully saturated rings. The number of amides is 1. The highest BCUT2D eigenvalue weighted by Crippen LogP contribution is 2.21.